The molecule has 0 aromatic heterocycles. The predicted octanol–water partition coefficient (Wildman–Crippen LogP) is 0.392. The van der Waals surface area contributed by atoms with Crippen molar-refractivity contribution in [2.45, 2.75) is 25.1 Å². The molecule has 2 heterocycles. The predicted molar refractivity (Wildman–Crippen MR) is 42.4 cm³/mol. The van der Waals surface area contributed by atoms with E-state index in [1.54, 1.807) is 0 Å². The summed E-state index contributed by atoms with van der Waals surface area (Å²) >= 11 is 0. The monoisotopic (exact) mass is 158 g/mol. The quantitative estimate of drug-likeness (QED) is 0.594. The summed E-state index contributed by atoms with van der Waals surface area (Å²) in [7, 11) is 0. The van der Waals surface area contributed by atoms with Crippen LogP contribution in [0.5, 0.6) is 0 Å². The largest absolute Gasteiger partial charge is 0.312 e. The van der Waals surface area contributed by atoms with Gasteiger partial charge in [0.25, 0.3) is 0 Å². The Hall–Kier alpha value is -0.150. The van der Waals surface area contributed by atoms with E-state index in [1.165, 1.54) is 12.8 Å². The van der Waals surface area contributed by atoms with Crippen molar-refractivity contribution < 1.29 is 4.39 Å². The maximum absolute atomic E-state index is 13.1. The van der Waals surface area contributed by atoms with Crippen molar-refractivity contribution in [2.24, 2.45) is 0 Å². The van der Waals surface area contributed by atoms with Gasteiger partial charge in [0.2, 0.25) is 0 Å². The van der Waals surface area contributed by atoms with Gasteiger partial charge in [0, 0.05) is 13.1 Å². The number of hydrogen-bond donors (Lipinski definition) is 1. The summed E-state index contributed by atoms with van der Waals surface area (Å²) in [6, 6.07) is 0.178. The van der Waals surface area contributed by atoms with E-state index < -0.39 is 6.17 Å². The molecule has 0 aliphatic carbocycles. The van der Waals surface area contributed by atoms with Crippen molar-refractivity contribution in [3.05, 3.63) is 0 Å². The number of nitrogens with zero attached hydrogens (tertiary/aromatic N) is 1. The molecule has 0 bridgehead atoms. The van der Waals surface area contributed by atoms with Crippen molar-refractivity contribution in [1.29, 1.82) is 0 Å². The number of alkyl halides is 1. The fraction of sp³-hybridized carbons (Fsp3) is 1.00. The van der Waals surface area contributed by atoms with Gasteiger partial charge in [-0.3, -0.25) is 4.90 Å². The van der Waals surface area contributed by atoms with Crippen molar-refractivity contribution >= 4 is 0 Å². The molecule has 0 amide bonds. The van der Waals surface area contributed by atoms with E-state index >= 15 is 0 Å². The molecule has 0 aromatic rings. The average molecular weight is 158 g/mol. The highest BCUT2D eigenvalue weighted by atomic mass is 19.1. The van der Waals surface area contributed by atoms with Gasteiger partial charge in [0.05, 0.1) is 6.04 Å². The summed E-state index contributed by atoms with van der Waals surface area (Å²) in [6.07, 6.45) is 1.87. The lowest BCUT2D eigenvalue weighted by Crippen LogP contribution is -2.39. The highest BCUT2D eigenvalue weighted by molar-refractivity contribution is 4.90. The van der Waals surface area contributed by atoms with Crippen molar-refractivity contribution in [3.63, 3.8) is 0 Å². The molecular weight excluding hydrogens is 143 g/mol. The zero-order chi connectivity index (χ0) is 7.68. The molecule has 2 aliphatic rings. The van der Waals surface area contributed by atoms with Gasteiger partial charge >= 0.3 is 0 Å². The van der Waals surface area contributed by atoms with Crippen molar-refractivity contribution in [2.75, 3.05) is 26.2 Å². The Labute approximate surface area is 66.8 Å². The van der Waals surface area contributed by atoms with Gasteiger partial charge in [-0.1, -0.05) is 0 Å². The van der Waals surface area contributed by atoms with Gasteiger partial charge in [0.15, 0.2) is 0 Å². The molecule has 1 N–H and O–H groups in total. The molecule has 2 nitrogen and oxygen atoms in total. The van der Waals surface area contributed by atoms with Crippen LogP contribution in [0.15, 0.2) is 0 Å². The Balaban J connectivity index is 1.92. The Morgan fingerprint density at radius 2 is 1.91 bits per heavy atom. The van der Waals surface area contributed by atoms with Crippen LogP contribution < -0.4 is 5.32 Å². The minimum absolute atomic E-state index is 0.178. The molecule has 2 rings (SSSR count). The van der Waals surface area contributed by atoms with E-state index in [0.29, 0.717) is 6.54 Å². The maximum Gasteiger partial charge on any atom is 0.129 e. The Morgan fingerprint density at radius 1 is 1.18 bits per heavy atom. The smallest absolute Gasteiger partial charge is 0.129 e. The lowest BCUT2D eigenvalue weighted by molar-refractivity contribution is 0.173. The zero-order valence-corrected chi connectivity index (χ0v) is 6.72. The highest BCUT2D eigenvalue weighted by Gasteiger charge is 2.32. The van der Waals surface area contributed by atoms with Crippen LogP contribution in [0.3, 0.4) is 0 Å². The highest BCUT2D eigenvalue weighted by Crippen LogP contribution is 2.18. The molecule has 11 heavy (non-hydrogen) atoms. The van der Waals surface area contributed by atoms with E-state index in [4.69, 9.17) is 0 Å². The molecular formula is C8H15FN2. The van der Waals surface area contributed by atoms with Gasteiger partial charge in [0.1, 0.15) is 6.17 Å². The van der Waals surface area contributed by atoms with Crippen LogP contribution in [0.2, 0.25) is 0 Å². The lowest BCUT2D eigenvalue weighted by Gasteiger charge is -2.23. The first-order valence-corrected chi connectivity index (χ1v) is 4.47. The number of halogens is 1. The summed E-state index contributed by atoms with van der Waals surface area (Å²) in [5.41, 5.74) is 0. The van der Waals surface area contributed by atoms with Gasteiger partial charge in [-0.2, -0.15) is 0 Å². The first-order chi connectivity index (χ1) is 5.38. The third-order valence-electron chi connectivity index (χ3n) is 2.72. The first kappa shape index (κ1) is 7.50. The first-order valence-electron chi connectivity index (χ1n) is 4.47. The summed E-state index contributed by atoms with van der Waals surface area (Å²) in [5.74, 6) is 0. The van der Waals surface area contributed by atoms with Gasteiger partial charge in [-0.25, -0.2) is 4.39 Å². The zero-order valence-electron chi connectivity index (χ0n) is 6.72. The number of rotatable bonds is 1. The second kappa shape index (κ2) is 3.07. The van der Waals surface area contributed by atoms with Crippen LogP contribution in [0.4, 0.5) is 4.39 Å². The van der Waals surface area contributed by atoms with Crippen LogP contribution in [0.1, 0.15) is 12.8 Å². The second-order valence-corrected chi connectivity index (χ2v) is 3.48. The summed E-state index contributed by atoms with van der Waals surface area (Å²) in [6.45, 7) is 3.61. The molecule has 0 saturated carbocycles. The minimum Gasteiger partial charge on any atom is -0.312 e. The third-order valence-corrected chi connectivity index (χ3v) is 2.72. The van der Waals surface area contributed by atoms with Crippen LogP contribution in [-0.2, 0) is 0 Å². The summed E-state index contributed by atoms with van der Waals surface area (Å²) in [5, 5.41) is 3.08. The standard InChI is InChI=1S/C8H15FN2/c9-7-5-10-6-8(7)11-3-1-2-4-11/h7-8,10H,1-6H2/t7-,8+/m1/s1. The van der Waals surface area contributed by atoms with Crippen LogP contribution in [0.25, 0.3) is 0 Å². The summed E-state index contributed by atoms with van der Waals surface area (Å²) in [4.78, 5) is 2.28. The number of nitrogens with one attached hydrogen (secondary N) is 1. The molecule has 2 fully saturated rings. The molecule has 0 aromatic carbocycles. The Kier molecular flexibility index (Phi) is 2.09. The second-order valence-electron chi connectivity index (χ2n) is 3.48. The van der Waals surface area contributed by atoms with E-state index in [1.807, 2.05) is 0 Å². The van der Waals surface area contributed by atoms with E-state index in [-0.39, 0.29) is 6.04 Å². The van der Waals surface area contributed by atoms with E-state index in [9.17, 15) is 4.39 Å². The number of hydrogen-bond acceptors (Lipinski definition) is 2. The molecule has 0 unspecified atom stereocenters. The molecule has 64 valence electrons. The Morgan fingerprint density at radius 3 is 2.45 bits per heavy atom. The van der Waals surface area contributed by atoms with Crippen LogP contribution in [0, 0.1) is 0 Å². The van der Waals surface area contributed by atoms with Crippen LogP contribution in [-0.4, -0.2) is 43.3 Å². The summed E-state index contributed by atoms with van der Waals surface area (Å²) < 4.78 is 13.1. The fourth-order valence-electron chi connectivity index (χ4n) is 2.06. The molecule has 2 saturated heterocycles. The average Bonchev–Trinajstić information content (AvgIpc) is 2.55. The van der Waals surface area contributed by atoms with E-state index in [2.05, 4.69) is 10.2 Å². The minimum atomic E-state index is -0.631. The Bertz CT molecular complexity index is 134. The maximum atomic E-state index is 13.1. The molecule has 3 heteroatoms. The topological polar surface area (TPSA) is 15.3 Å². The number of likely N-dealkylation sites (tertiary alicyclic amines) is 1. The molecule has 0 radical (unpaired) electrons. The van der Waals surface area contributed by atoms with E-state index in [0.717, 1.165) is 19.6 Å². The lowest BCUT2D eigenvalue weighted by atomic mass is 10.2. The van der Waals surface area contributed by atoms with Crippen LogP contribution >= 0.6 is 0 Å². The fourth-order valence-corrected chi connectivity index (χ4v) is 2.06. The van der Waals surface area contributed by atoms with Crippen molar-refractivity contribution in [1.82, 2.24) is 10.2 Å². The van der Waals surface area contributed by atoms with Gasteiger partial charge in [-0.15, -0.1) is 0 Å². The SMILES string of the molecule is F[C@@H]1CNC[C@@H]1N1CCCC1. The normalized spacial score (nSPS) is 40.1. The van der Waals surface area contributed by atoms with Gasteiger partial charge < -0.3 is 5.32 Å². The van der Waals surface area contributed by atoms with Crippen molar-refractivity contribution in [3.8, 4) is 0 Å². The third kappa shape index (κ3) is 1.40. The molecule has 2 aliphatic heterocycles. The molecule has 2 atom stereocenters. The molecule has 0 spiro atoms. The van der Waals surface area contributed by atoms with Gasteiger partial charge in [-0.05, 0) is 25.9 Å².